The van der Waals surface area contributed by atoms with Crippen molar-refractivity contribution in [3.8, 4) is 0 Å². The molecule has 2 fully saturated rings. The summed E-state index contributed by atoms with van der Waals surface area (Å²) in [6.07, 6.45) is 1.88. The summed E-state index contributed by atoms with van der Waals surface area (Å²) < 4.78 is 28.3. The van der Waals surface area contributed by atoms with Gasteiger partial charge in [-0.2, -0.15) is 0 Å². The van der Waals surface area contributed by atoms with Gasteiger partial charge in [0.05, 0.1) is 6.54 Å². The molecule has 1 saturated heterocycles. The minimum atomic E-state index is -1.14. The number of likely N-dealkylation sites (tertiary alicyclic amines) is 1. The fraction of sp³-hybridized carbons (Fsp3) is 0.360. The summed E-state index contributed by atoms with van der Waals surface area (Å²) in [6.45, 7) is -0.408. The van der Waals surface area contributed by atoms with E-state index in [2.05, 4.69) is 10.6 Å². The first-order chi connectivity index (χ1) is 16.3. The predicted octanol–water partition coefficient (Wildman–Crippen LogP) is 2.03. The lowest BCUT2D eigenvalue weighted by Crippen LogP contribution is -2.53. The van der Waals surface area contributed by atoms with Crippen molar-refractivity contribution in [3.05, 3.63) is 71.3 Å². The molecule has 0 spiro atoms. The minimum Gasteiger partial charge on any atom is -0.347 e. The average molecular weight is 469 g/mol. The van der Waals surface area contributed by atoms with Crippen molar-refractivity contribution in [3.63, 3.8) is 0 Å². The van der Waals surface area contributed by atoms with Gasteiger partial charge in [0.2, 0.25) is 17.6 Å². The summed E-state index contributed by atoms with van der Waals surface area (Å²) in [6, 6.07) is 10.1. The van der Waals surface area contributed by atoms with E-state index in [1.165, 1.54) is 6.07 Å². The van der Waals surface area contributed by atoms with E-state index in [0.717, 1.165) is 35.4 Å². The monoisotopic (exact) mass is 469 g/mol. The molecule has 3 amide bonds. The van der Waals surface area contributed by atoms with Crippen LogP contribution in [0.2, 0.25) is 0 Å². The van der Waals surface area contributed by atoms with Gasteiger partial charge in [0.15, 0.2) is 0 Å². The summed E-state index contributed by atoms with van der Waals surface area (Å²) in [7, 11) is 0. The van der Waals surface area contributed by atoms with Gasteiger partial charge in [0.25, 0.3) is 5.91 Å². The number of Topliss-reactive ketones (excluding diaryl/α,β-unsaturated/α-hetero) is 1. The number of rotatable bonds is 9. The molecule has 7 nitrogen and oxygen atoms in total. The van der Waals surface area contributed by atoms with Crippen LogP contribution in [0.4, 0.5) is 8.78 Å². The van der Waals surface area contributed by atoms with Crippen LogP contribution in [0.3, 0.4) is 0 Å². The topological polar surface area (TPSA) is 95.6 Å². The van der Waals surface area contributed by atoms with Gasteiger partial charge in [0.1, 0.15) is 23.7 Å². The molecule has 34 heavy (non-hydrogen) atoms. The maximum absolute atomic E-state index is 14.1. The molecule has 2 N–H and O–H groups in total. The summed E-state index contributed by atoms with van der Waals surface area (Å²) >= 11 is 0. The van der Waals surface area contributed by atoms with Crippen LogP contribution in [0.15, 0.2) is 48.5 Å². The van der Waals surface area contributed by atoms with Gasteiger partial charge in [-0.15, -0.1) is 0 Å². The Morgan fingerprint density at radius 1 is 0.971 bits per heavy atom. The van der Waals surface area contributed by atoms with Crippen molar-refractivity contribution >= 4 is 23.5 Å². The lowest BCUT2D eigenvalue weighted by Gasteiger charge is -2.26. The second kappa shape index (κ2) is 10.1. The van der Waals surface area contributed by atoms with E-state index in [0.29, 0.717) is 0 Å². The first kappa shape index (κ1) is 23.5. The summed E-state index contributed by atoms with van der Waals surface area (Å²) in [4.78, 5) is 52.0. The maximum atomic E-state index is 14.1. The molecule has 1 saturated carbocycles. The molecule has 9 heteroatoms. The Morgan fingerprint density at radius 2 is 1.65 bits per heavy atom. The van der Waals surface area contributed by atoms with E-state index < -0.39 is 53.8 Å². The average Bonchev–Trinajstić information content (AvgIpc) is 3.56. The van der Waals surface area contributed by atoms with Crippen LogP contribution in [0.1, 0.15) is 36.8 Å². The van der Waals surface area contributed by atoms with Crippen LogP contribution in [0.5, 0.6) is 0 Å². The molecule has 2 aromatic rings. The number of carbonyl (C=O) groups is 4. The second-order valence-electron chi connectivity index (χ2n) is 8.64. The lowest BCUT2D eigenvalue weighted by atomic mass is 10.0. The zero-order valence-electron chi connectivity index (χ0n) is 18.4. The van der Waals surface area contributed by atoms with Crippen molar-refractivity contribution in [2.75, 3.05) is 0 Å². The molecule has 1 heterocycles. The number of hydrogen-bond acceptors (Lipinski definition) is 4. The third kappa shape index (κ3) is 5.47. The number of carbonyl (C=O) groups excluding carboxylic acids is 4. The van der Waals surface area contributed by atoms with Crippen LogP contribution < -0.4 is 10.6 Å². The Labute approximate surface area is 195 Å². The van der Waals surface area contributed by atoms with E-state index in [9.17, 15) is 28.0 Å². The van der Waals surface area contributed by atoms with E-state index in [-0.39, 0.29) is 30.9 Å². The molecule has 2 aromatic carbocycles. The second-order valence-corrected chi connectivity index (χ2v) is 8.64. The van der Waals surface area contributed by atoms with Gasteiger partial charge >= 0.3 is 0 Å². The summed E-state index contributed by atoms with van der Waals surface area (Å²) in [5, 5.41) is 5.25. The van der Waals surface area contributed by atoms with Crippen LogP contribution >= 0.6 is 0 Å². The van der Waals surface area contributed by atoms with E-state index in [1.54, 1.807) is 24.3 Å². The molecule has 0 bridgehead atoms. The van der Waals surface area contributed by atoms with E-state index in [1.807, 2.05) is 6.07 Å². The maximum Gasteiger partial charge on any atom is 0.289 e. The molecule has 4 rings (SSSR count). The van der Waals surface area contributed by atoms with Crippen LogP contribution in [0, 0.1) is 11.6 Å². The van der Waals surface area contributed by atoms with Crippen molar-refractivity contribution in [2.24, 2.45) is 0 Å². The Balaban J connectivity index is 1.51. The molecule has 2 aliphatic rings. The zero-order chi connectivity index (χ0) is 24.2. The first-order valence-electron chi connectivity index (χ1n) is 11.2. The van der Waals surface area contributed by atoms with Crippen molar-refractivity contribution in [2.45, 2.75) is 56.8 Å². The van der Waals surface area contributed by atoms with Crippen molar-refractivity contribution < 1.29 is 28.0 Å². The summed E-state index contributed by atoms with van der Waals surface area (Å²) in [5.74, 6) is -4.23. The highest BCUT2D eigenvalue weighted by Crippen LogP contribution is 2.24. The molecule has 1 aliphatic heterocycles. The predicted molar refractivity (Wildman–Crippen MR) is 118 cm³/mol. The Hall–Kier alpha value is -3.62. The fourth-order valence-electron chi connectivity index (χ4n) is 4.03. The zero-order valence-corrected chi connectivity index (χ0v) is 18.4. The number of benzene rings is 2. The first-order valence-corrected chi connectivity index (χ1v) is 11.2. The largest absolute Gasteiger partial charge is 0.347 e. The summed E-state index contributed by atoms with van der Waals surface area (Å²) in [5.41, 5.74) is 0.435. The molecule has 178 valence electrons. The quantitative estimate of drug-likeness (QED) is 0.550. The van der Waals surface area contributed by atoms with Gasteiger partial charge in [-0.1, -0.05) is 36.4 Å². The molecular formula is C25H25F2N3O4. The van der Waals surface area contributed by atoms with Crippen LogP contribution in [0.25, 0.3) is 0 Å². The van der Waals surface area contributed by atoms with Gasteiger partial charge in [0, 0.05) is 24.4 Å². The molecule has 1 aliphatic carbocycles. The van der Waals surface area contributed by atoms with Crippen LogP contribution in [-0.2, 0) is 32.1 Å². The molecular weight excluding hydrogens is 444 g/mol. The fourth-order valence-corrected chi connectivity index (χ4v) is 4.03. The van der Waals surface area contributed by atoms with Gasteiger partial charge < -0.3 is 15.5 Å². The lowest BCUT2D eigenvalue weighted by molar-refractivity contribution is -0.141. The standard InChI is InChI=1S/C25H25F2N3O4/c26-18-7-4-8-19(27)17(18)14-30-21(11-12-22(30)31)24(33)29-20(13-15-5-2-1-3-6-15)23(32)25(34)28-16-9-10-16/h1-8,16,20-21H,9-14H2,(H,28,34)(H,29,33). The SMILES string of the molecule is O=C(NC1CC1)C(=O)C(Cc1ccccc1)NC(=O)C1CCC(=O)N1Cc1c(F)cccc1F. The van der Waals surface area contributed by atoms with Gasteiger partial charge in [-0.05, 0) is 37.0 Å². The number of nitrogens with zero attached hydrogens (tertiary/aromatic N) is 1. The number of hydrogen-bond donors (Lipinski definition) is 2. The van der Waals surface area contributed by atoms with Gasteiger partial charge in [-0.3, -0.25) is 19.2 Å². The van der Waals surface area contributed by atoms with Crippen molar-refractivity contribution in [1.29, 1.82) is 0 Å². The third-order valence-corrected chi connectivity index (χ3v) is 6.07. The normalized spacial score (nSPS) is 18.5. The Morgan fingerprint density at radius 3 is 2.29 bits per heavy atom. The molecule has 2 unspecified atom stereocenters. The smallest absolute Gasteiger partial charge is 0.289 e. The molecule has 0 radical (unpaired) electrons. The number of amides is 3. The highest BCUT2D eigenvalue weighted by Gasteiger charge is 2.39. The molecule has 0 aromatic heterocycles. The number of halogens is 2. The highest BCUT2D eigenvalue weighted by molar-refractivity contribution is 6.38. The van der Waals surface area contributed by atoms with E-state index >= 15 is 0 Å². The van der Waals surface area contributed by atoms with Crippen molar-refractivity contribution in [1.82, 2.24) is 15.5 Å². The molecule has 2 atom stereocenters. The third-order valence-electron chi connectivity index (χ3n) is 6.07. The minimum absolute atomic E-state index is 0.0249. The van der Waals surface area contributed by atoms with Crippen LogP contribution in [-0.4, -0.2) is 46.5 Å². The number of nitrogens with one attached hydrogen (secondary N) is 2. The van der Waals surface area contributed by atoms with E-state index in [4.69, 9.17) is 0 Å². The number of ketones is 1. The highest BCUT2D eigenvalue weighted by atomic mass is 19.1. The van der Waals surface area contributed by atoms with Gasteiger partial charge in [-0.25, -0.2) is 8.78 Å². The Bertz CT molecular complexity index is 1080. The Kier molecular flexibility index (Phi) is 7.00.